The molecule has 0 spiro atoms. The van der Waals surface area contributed by atoms with Gasteiger partial charge in [-0.1, -0.05) is 0 Å². The highest BCUT2D eigenvalue weighted by Gasteiger charge is 2.42. The van der Waals surface area contributed by atoms with Gasteiger partial charge in [-0.2, -0.15) is 0 Å². The standard InChI is InChI=1S/C14H18N2O2/c1-2-18-11-5-9(7-15-8-11)14(17)12-6-10-3-4-13(12)16-10/h5,7-8,10,12-13,16H,2-4,6H2,1H3. The lowest BCUT2D eigenvalue weighted by Gasteiger charge is -2.18. The van der Waals surface area contributed by atoms with Crippen LogP contribution in [0.25, 0.3) is 0 Å². The molecule has 0 aliphatic carbocycles. The number of ether oxygens (including phenoxy) is 1. The molecule has 4 nitrogen and oxygen atoms in total. The lowest BCUT2D eigenvalue weighted by Crippen LogP contribution is -2.28. The Morgan fingerprint density at radius 2 is 2.39 bits per heavy atom. The summed E-state index contributed by atoms with van der Waals surface area (Å²) >= 11 is 0. The van der Waals surface area contributed by atoms with E-state index in [1.165, 1.54) is 6.42 Å². The van der Waals surface area contributed by atoms with Gasteiger partial charge < -0.3 is 10.1 Å². The molecule has 1 aromatic heterocycles. The summed E-state index contributed by atoms with van der Waals surface area (Å²) in [5.74, 6) is 1.02. The monoisotopic (exact) mass is 246 g/mol. The lowest BCUT2D eigenvalue weighted by molar-refractivity contribution is 0.0900. The fourth-order valence-corrected chi connectivity index (χ4v) is 3.13. The van der Waals surface area contributed by atoms with Gasteiger partial charge in [0.15, 0.2) is 5.78 Å². The van der Waals surface area contributed by atoms with E-state index in [4.69, 9.17) is 4.74 Å². The van der Waals surface area contributed by atoms with Crippen LogP contribution in [0.1, 0.15) is 36.5 Å². The highest BCUT2D eigenvalue weighted by molar-refractivity contribution is 5.98. The molecule has 3 rings (SSSR count). The molecule has 0 saturated carbocycles. The van der Waals surface area contributed by atoms with Crippen LogP contribution >= 0.6 is 0 Å². The SMILES string of the molecule is CCOc1cncc(C(=O)C2CC3CCC2N3)c1. The van der Waals surface area contributed by atoms with Gasteiger partial charge in [-0.05, 0) is 32.3 Å². The molecule has 2 saturated heterocycles. The zero-order chi connectivity index (χ0) is 12.5. The van der Waals surface area contributed by atoms with Crippen LogP contribution in [0.4, 0.5) is 0 Å². The number of hydrogen-bond donors (Lipinski definition) is 1. The Bertz CT molecular complexity index is 461. The normalized spacial score (nSPS) is 29.5. The summed E-state index contributed by atoms with van der Waals surface area (Å²) in [6.45, 7) is 2.52. The van der Waals surface area contributed by atoms with Crippen molar-refractivity contribution >= 4 is 5.78 Å². The Kier molecular flexibility index (Phi) is 3.04. The molecule has 3 heterocycles. The summed E-state index contributed by atoms with van der Waals surface area (Å²) in [7, 11) is 0. The number of nitrogens with one attached hydrogen (secondary N) is 1. The predicted octanol–water partition coefficient (Wildman–Crippen LogP) is 1.80. The van der Waals surface area contributed by atoms with E-state index in [1.54, 1.807) is 12.4 Å². The number of Topliss-reactive ketones (excluding diaryl/α,β-unsaturated/α-hetero) is 1. The maximum Gasteiger partial charge on any atom is 0.169 e. The summed E-state index contributed by atoms with van der Waals surface area (Å²) in [5.41, 5.74) is 0.681. The van der Waals surface area contributed by atoms with E-state index in [0.29, 0.717) is 30.0 Å². The lowest BCUT2D eigenvalue weighted by atomic mass is 9.84. The van der Waals surface area contributed by atoms with Crippen molar-refractivity contribution in [2.24, 2.45) is 5.92 Å². The fourth-order valence-electron chi connectivity index (χ4n) is 3.13. The molecule has 2 bridgehead atoms. The molecule has 3 unspecified atom stereocenters. The Balaban J connectivity index is 1.77. The molecule has 2 aliphatic heterocycles. The van der Waals surface area contributed by atoms with Crippen LogP contribution in [0.15, 0.2) is 18.5 Å². The first-order chi connectivity index (χ1) is 8.78. The maximum absolute atomic E-state index is 12.5. The topological polar surface area (TPSA) is 51.2 Å². The summed E-state index contributed by atoms with van der Waals surface area (Å²) < 4.78 is 5.39. The molecule has 2 fully saturated rings. The number of pyridine rings is 1. The van der Waals surface area contributed by atoms with Gasteiger partial charge in [0.05, 0.1) is 12.8 Å². The van der Waals surface area contributed by atoms with Crippen molar-refractivity contribution in [2.45, 2.75) is 38.3 Å². The molecule has 4 heteroatoms. The molecule has 3 atom stereocenters. The van der Waals surface area contributed by atoms with E-state index in [9.17, 15) is 4.79 Å². The molecular formula is C14H18N2O2. The van der Waals surface area contributed by atoms with E-state index >= 15 is 0 Å². The van der Waals surface area contributed by atoms with Gasteiger partial charge in [0.25, 0.3) is 0 Å². The highest BCUT2D eigenvalue weighted by Crippen LogP contribution is 2.35. The van der Waals surface area contributed by atoms with Gasteiger partial charge in [0.2, 0.25) is 0 Å². The minimum Gasteiger partial charge on any atom is -0.492 e. The second-order valence-electron chi connectivity index (χ2n) is 5.10. The van der Waals surface area contributed by atoms with Crippen LogP contribution in [0.5, 0.6) is 5.75 Å². The van der Waals surface area contributed by atoms with E-state index < -0.39 is 0 Å². The van der Waals surface area contributed by atoms with Crippen LogP contribution < -0.4 is 10.1 Å². The third-order valence-electron chi connectivity index (χ3n) is 3.95. The maximum atomic E-state index is 12.5. The van der Waals surface area contributed by atoms with E-state index in [-0.39, 0.29) is 11.7 Å². The van der Waals surface area contributed by atoms with Crippen molar-refractivity contribution in [2.75, 3.05) is 6.61 Å². The van der Waals surface area contributed by atoms with Crippen LogP contribution in [0, 0.1) is 5.92 Å². The number of hydrogen-bond acceptors (Lipinski definition) is 4. The average Bonchev–Trinajstić information content (AvgIpc) is 3.01. The predicted molar refractivity (Wildman–Crippen MR) is 67.8 cm³/mol. The summed E-state index contributed by atoms with van der Waals surface area (Å²) in [6, 6.07) is 2.73. The van der Waals surface area contributed by atoms with Gasteiger partial charge in [-0.25, -0.2) is 0 Å². The van der Waals surface area contributed by atoms with Gasteiger partial charge in [-0.15, -0.1) is 0 Å². The summed E-state index contributed by atoms with van der Waals surface area (Å²) in [4.78, 5) is 16.5. The number of ketones is 1. The van der Waals surface area contributed by atoms with Crippen molar-refractivity contribution in [3.63, 3.8) is 0 Å². The molecule has 1 N–H and O–H groups in total. The average molecular weight is 246 g/mol. The number of aromatic nitrogens is 1. The molecule has 1 aromatic rings. The number of rotatable bonds is 4. The van der Waals surface area contributed by atoms with Gasteiger partial charge >= 0.3 is 0 Å². The van der Waals surface area contributed by atoms with Crippen molar-refractivity contribution in [3.8, 4) is 5.75 Å². The van der Waals surface area contributed by atoms with Crippen LogP contribution in [0.3, 0.4) is 0 Å². The zero-order valence-corrected chi connectivity index (χ0v) is 10.6. The van der Waals surface area contributed by atoms with Crippen LogP contribution in [-0.2, 0) is 0 Å². The molecular weight excluding hydrogens is 228 g/mol. The Hall–Kier alpha value is -1.42. The van der Waals surface area contributed by atoms with Crippen molar-refractivity contribution in [3.05, 3.63) is 24.0 Å². The minimum absolute atomic E-state index is 0.127. The third-order valence-corrected chi connectivity index (χ3v) is 3.95. The van der Waals surface area contributed by atoms with E-state index in [0.717, 1.165) is 12.8 Å². The Morgan fingerprint density at radius 3 is 3.06 bits per heavy atom. The smallest absolute Gasteiger partial charge is 0.169 e. The van der Waals surface area contributed by atoms with Crippen LogP contribution in [-0.4, -0.2) is 29.5 Å². The van der Waals surface area contributed by atoms with Gasteiger partial charge in [0.1, 0.15) is 5.75 Å². The van der Waals surface area contributed by atoms with E-state index in [2.05, 4.69) is 10.3 Å². The first kappa shape index (κ1) is 11.7. The van der Waals surface area contributed by atoms with E-state index in [1.807, 2.05) is 13.0 Å². The molecule has 0 radical (unpaired) electrons. The Labute approximate surface area is 107 Å². The molecule has 2 aliphatic rings. The summed E-state index contributed by atoms with van der Waals surface area (Å²) in [5, 5.41) is 3.50. The van der Waals surface area contributed by atoms with Gasteiger partial charge in [-0.3, -0.25) is 9.78 Å². The second kappa shape index (κ2) is 4.69. The molecule has 0 amide bonds. The summed E-state index contributed by atoms with van der Waals surface area (Å²) in [6.07, 6.45) is 6.61. The number of nitrogens with zero attached hydrogens (tertiary/aromatic N) is 1. The fraction of sp³-hybridized carbons (Fsp3) is 0.571. The molecule has 96 valence electrons. The number of fused-ring (bicyclic) bond motifs is 2. The second-order valence-corrected chi connectivity index (χ2v) is 5.10. The largest absolute Gasteiger partial charge is 0.492 e. The van der Waals surface area contributed by atoms with Crippen LogP contribution in [0.2, 0.25) is 0 Å². The first-order valence-corrected chi connectivity index (χ1v) is 6.66. The number of carbonyl (C=O) groups excluding carboxylic acids is 1. The quantitative estimate of drug-likeness (QED) is 0.823. The van der Waals surface area contributed by atoms with Crippen molar-refractivity contribution in [1.29, 1.82) is 0 Å². The Morgan fingerprint density at radius 1 is 1.50 bits per heavy atom. The van der Waals surface area contributed by atoms with Crippen molar-refractivity contribution < 1.29 is 9.53 Å². The first-order valence-electron chi connectivity index (χ1n) is 6.66. The highest BCUT2D eigenvalue weighted by atomic mass is 16.5. The number of carbonyl (C=O) groups is 1. The van der Waals surface area contributed by atoms with Crippen molar-refractivity contribution in [1.82, 2.24) is 10.3 Å². The minimum atomic E-state index is 0.127. The zero-order valence-electron chi connectivity index (χ0n) is 10.6. The molecule has 18 heavy (non-hydrogen) atoms. The third kappa shape index (κ3) is 2.01. The van der Waals surface area contributed by atoms with Gasteiger partial charge in [0, 0.05) is 29.8 Å². The molecule has 0 aromatic carbocycles.